The van der Waals surface area contributed by atoms with Crippen molar-refractivity contribution >= 4 is 0 Å². The largest absolute Gasteiger partial charge is 0.385 e. The van der Waals surface area contributed by atoms with Gasteiger partial charge in [0.25, 0.3) is 0 Å². The van der Waals surface area contributed by atoms with E-state index in [4.69, 9.17) is 0 Å². The first kappa shape index (κ1) is 13.5. The molecule has 2 unspecified atom stereocenters. The van der Waals surface area contributed by atoms with E-state index >= 15 is 0 Å². The van der Waals surface area contributed by atoms with Gasteiger partial charge in [-0.3, -0.25) is 0 Å². The van der Waals surface area contributed by atoms with E-state index < -0.39 is 0 Å². The maximum Gasteiger partial charge on any atom is 0.0934 e. The summed E-state index contributed by atoms with van der Waals surface area (Å²) in [6.07, 6.45) is 6.46. The van der Waals surface area contributed by atoms with Gasteiger partial charge in [0.05, 0.1) is 6.10 Å². The van der Waals surface area contributed by atoms with Crippen molar-refractivity contribution in [3.63, 3.8) is 0 Å². The Morgan fingerprint density at radius 1 is 1.31 bits per heavy atom. The lowest BCUT2D eigenvalue weighted by Gasteiger charge is -2.39. The van der Waals surface area contributed by atoms with E-state index in [1.54, 1.807) is 0 Å². The average Bonchev–Trinajstić information content (AvgIpc) is 2.29. The molecule has 0 radical (unpaired) electrons. The SMILES string of the molecule is CCCCC1(C)C(CC)=CC(O)C(C)=C1C. The van der Waals surface area contributed by atoms with Gasteiger partial charge in [-0.15, -0.1) is 0 Å². The van der Waals surface area contributed by atoms with Crippen LogP contribution in [0.5, 0.6) is 0 Å². The number of hydrogen-bond acceptors (Lipinski definition) is 1. The summed E-state index contributed by atoms with van der Waals surface area (Å²) >= 11 is 0. The number of aliphatic hydroxyl groups is 1. The molecule has 0 amide bonds. The molecule has 1 nitrogen and oxygen atoms in total. The average molecular weight is 222 g/mol. The summed E-state index contributed by atoms with van der Waals surface area (Å²) in [6.45, 7) is 11.0. The van der Waals surface area contributed by atoms with Crippen LogP contribution in [-0.2, 0) is 0 Å². The quantitative estimate of drug-likeness (QED) is 0.706. The van der Waals surface area contributed by atoms with E-state index in [-0.39, 0.29) is 11.5 Å². The molecule has 1 heteroatoms. The molecule has 0 saturated carbocycles. The van der Waals surface area contributed by atoms with Gasteiger partial charge >= 0.3 is 0 Å². The third-order valence-electron chi connectivity index (χ3n) is 4.34. The van der Waals surface area contributed by atoms with Crippen LogP contribution in [0.4, 0.5) is 0 Å². The molecule has 2 atom stereocenters. The topological polar surface area (TPSA) is 20.2 Å². The molecule has 16 heavy (non-hydrogen) atoms. The van der Waals surface area contributed by atoms with Crippen molar-refractivity contribution in [2.75, 3.05) is 0 Å². The highest BCUT2D eigenvalue weighted by Gasteiger charge is 2.34. The van der Waals surface area contributed by atoms with Gasteiger partial charge in [-0.05, 0) is 32.3 Å². The summed E-state index contributed by atoms with van der Waals surface area (Å²) in [6, 6.07) is 0. The third-order valence-corrected chi connectivity index (χ3v) is 4.34. The second kappa shape index (κ2) is 5.18. The molecule has 1 N–H and O–H groups in total. The van der Waals surface area contributed by atoms with Crippen molar-refractivity contribution in [3.05, 3.63) is 22.8 Å². The van der Waals surface area contributed by atoms with Crippen LogP contribution in [0.3, 0.4) is 0 Å². The predicted octanol–water partition coefficient (Wildman–Crippen LogP) is 4.23. The van der Waals surface area contributed by atoms with Crippen LogP contribution < -0.4 is 0 Å². The van der Waals surface area contributed by atoms with Gasteiger partial charge < -0.3 is 5.11 Å². The van der Waals surface area contributed by atoms with Crippen LogP contribution in [0, 0.1) is 5.41 Å². The highest BCUT2D eigenvalue weighted by Crippen LogP contribution is 2.46. The highest BCUT2D eigenvalue weighted by molar-refractivity contribution is 5.39. The molecule has 0 spiro atoms. The lowest BCUT2D eigenvalue weighted by molar-refractivity contribution is 0.240. The van der Waals surface area contributed by atoms with E-state index in [0.29, 0.717) is 0 Å². The second-order valence-corrected chi connectivity index (χ2v) is 5.23. The molecule has 1 aliphatic carbocycles. The predicted molar refractivity (Wildman–Crippen MR) is 70.4 cm³/mol. The molecule has 0 heterocycles. The summed E-state index contributed by atoms with van der Waals surface area (Å²) in [5.74, 6) is 0. The Labute approximate surface area is 100 Å². The number of allylic oxidation sites excluding steroid dienone is 2. The molecule has 0 aromatic rings. The zero-order chi connectivity index (χ0) is 12.3. The maximum atomic E-state index is 9.97. The smallest absolute Gasteiger partial charge is 0.0934 e. The minimum atomic E-state index is -0.357. The molecule has 0 fully saturated rings. The number of hydrogen-bond donors (Lipinski definition) is 1. The lowest BCUT2D eigenvalue weighted by atomic mass is 9.66. The summed E-state index contributed by atoms with van der Waals surface area (Å²) < 4.78 is 0. The molecule has 1 rings (SSSR count). The molecule has 0 aromatic carbocycles. The third kappa shape index (κ3) is 2.24. The zero-order valence-corrected chi connectivity index (χ0v) is 11.4. The Morgan fingerprint density at radius 2 is 1.94 bits per heavy atom. The molecule has 92 valence electrons. The first-order valence-corrected chi connectivity index (χ1v) is 6.54. The Bertz CT molecular complexity index is 311. The van der Waals surface area contributed by atoms with Crippen molar-refractivity contribution in [3.8, 4) is 0 Å². The van der Waals surface area contributed by atoms with Crippen molar-refractivity contribution in [1.82, 2.24) is 0 Å². The van der Waals surface area contributed by atoms with Gasteiger partial charge in [0.2, 0.25) is 0 Å². The van der Waals surface area contributed by atoms with Gasteiger partial charge in [0.15, 0.2) is 0 Å². The first-order valence-electron chi connectivity index (χ1n) is 6.54. The maximum absolute atomic E-state index is 9.97. The Morgan fingerprint density at radius 3 is 2.44 bits per heavy atom. The van der Waals surface area contributed by atoms with Gasteiger partial charge in [-0.1, -0.05) is 50.8 Å². The van der Waals surface area contributed by atoms with Crippen molar-refractivity contribution in [2.45, 2.75) is 66.4 Å². The highest BCUT2D eigenvalue weighted by atomic mass is 16.3. The van der Waals surface area contributed by atoms with Crippen LogP contribution in [0.25, 0.3) is 0 Å². The number of rotatable bonds is 4. The van der Waals surface area contributed by atoms with Crippen LogP contribution in [-0.4, -0.2) is 11.2 Å². The van der Waals surface area contributed by atoms with Gasteiger partial charge in [-0.25, -0.2) is 0 Å². The van der Waals surface area contributed by atoms with Crippen molar-refractivity contribution in [2.24, 2.45) is 5.41 Å². The van der Waals surface area contributed by atoms with Crippen molar-refractivity contribution < 1.29 is 5.11 Å². The van der Waals surface area contributed by atoms with E-state index in [1.807, 2.05) is 0 Å². The van der Waals surface area contributed by atoms with E-state index in [9.17, 15) is 5.11 Å². The standard InChI is InChI=1S/C15H26O/c1-6-8-9-15(5)12(4)11(3)14(16)10-13(15)7-2/h10,14,16H,6-9H2,1-5H3. The summed E-state index contributed by atoms with van der Waals surface area (Å²) in [5, 5.41) is 9.97. The molecule has 1 aliphatic rings. The Balaban J connectivity index is 3.06. The Kier molecular flexibility index (Phi) is 4.37. The van der Waals surface area contributed by atoms with Crippen LogP contribution >= 0.6 is 0 Å². The van der Waals surface area contributed by atoms with Crippen LogP contribution in [0.2, 0.25) is 0 Å². The van der Waals surface area contributed by atoms with Gasteiger partial charge in [0, 0.05) is 5.41 Å². The summed E-state index contributed by atoms with van der Waals surface area (Å²) in [4.78, 5) is 0. The summed E-state index contributed by atoms with van der Waals surface area (Å²) in [7, 11) is 0. The second-order valence-electron chi connectivity index (χ2n) is 5.23. The van der Waals surface area contributed by atoms with Crippen LogP contribution in [0.15, 0.2) is 22.8 Å². The summed E-state index contributed by atoms with van der Waals surface area (Å²) in [5.41, 5.74) is 4.13. The normalized spacial score (nSPS) is 30.6. The van der Waals surface area contributed by atoms with E-state index in [2.05, 4.69) is 40.7 Å². The molecule has 0 bridgehead atoms. The number of unbranched alkanes of at least 4 members (excludes halogenated alkanes) is 1. The fourth-order valence-electron chi connectivity index (χ4n) is 2.78. The molecular formula is C15H26O. The monoisotopic (exact) mass is 222 g/mol. The number of aliphatic hydroxyl groups excluding tert-OH is 1. The first-order chi connectivity index (χ1) is 7.47. The molecular weight excluding hydrogens is 196 g/mol. The molecule has 0 saturated heterocycles. The molecule has 0 aliphatic heterocycles. The van der Waals surface area contributed by atoms with E-state index in [0.717, 1.165) is 12.0 Å². The Hall–Kier alpha value is -0.560. The van der Waals surface area contributed by atoms with Crippen molar-refractivity contribution in [1.29, 1.82) is 0 Å². The zero-order valence-electron chi connectivity index (χ0n) is 11.4. The minimum Gasteiger partial charge on any atom is -0.385 e. The fraction of sp³-hybridized carbons (Fsp3) is 0.733. The molecule has 0 aromatic heterocycles. The lowest BCUT2D eigenvalue weighted by Crippen LogP contribution is -2.29. The van der Waals surface area contributed by atoms with E-state index in [1.165, 1.54) is 30.4 Å². The van der Waals surface area contributed by atoms with Gasteiger partial charge in [-0.2, -0.15) is 0 Å². The minimum absolute atomic E-state index is 0.189. The van der Waals surface area contributed by atoms with Gasteiger partial charge in [0.1, 0.15) is 0 Å². The fourth-order valence-corrected chi connectivity index (χ4v) is 2.78. The van der Waals surface area contributed by atoms with Crippen LogP contribution in [0.1, 0.15) is 60.3 Å².